The molecule has 0 bridgehead atoms. The Labute approximate surface area is 374 Å². The summed E-state index contributed by atoms with van der Waals surface area (Å²) < 4.78 is 5.65. The Balaban J connectivity index is 0.00000372. The number of benzene rings is 4. The van der Waals surface area contributed by atoms with E-state index in [-0.39, 0.29) is 35.6 Å². The van der Waals surface area contributed by atoms with E-state index in [2.05, 4.69) is 166 Å². The molecule has 0 N–H and O–H groups in total. The van der Waals surface area contributed by atoms with Crippen LogP contribution in [0.1, 0.15) is 182 Å². The number of hydrogen-bond donors (Lipinski definition) is 0. The molecule has 0 radical (unpaired) electrons. The van der Waals surface area contributed by atoms with Crippen molar-refractivity contribution >= 4 is 6.48 Å². The van der Waals surface area contributed by atoms with Crippen LogP contribution < -0.4 is 28.1 Å². The molecule has 0 saturated heterocycles. The molecular weight excluding hydrogens is 823 g/mol. The summed E-state index contributed by atoms with van der Waals surface area (Å²) >= 11 is -2.54. The Morgan fingerprint density at radius 1 is 0.672 bits per heavy atom. The Morgan fingerprint density at radius 3 is 1.69 bits per heavy atom. The van der Waals surface area contributed by atoms with Gasteiger partial charge in [0.2, 0.25) is 0 Å². The van der Waals surface area contributed by atoms with Crippen molar-refractivity contribution in [3.8, 4) is 11.1 Å². The monoisotopic (exact) mass is 892 g/mol. The van der Waals surface area contributed by atoms with Gasteiger partial charge in [-0.05, 0) is 0 Å². The van der Waals surface area contributed by atoms with Crippen LogP contribution in [0.4, 0.5) is 0 Å². The minimum atomic E-state index is -2.54. The first-order chi connectivity index (χ1) is 27.0. The summed E-state index contributed by atoms with van der Waals surface area (Å²) in [6.07, 6.45) is 22.2. The fourth-order valence-corrected chi connectivity index (χ4v) is 19.5. The quantitative estimate of drug-likeness (QED) is 0.0824. The molecule has 0 spiro atoms. The van der Waals surface area contributed by atoms with Gasteiger partial charge >= 0.3 is 353 Å². The van der Waals surface area contributed by atoms with Crippen molar-refractivity contribution < 1.29 is 46.1 Å². The second-order valence-corrected chi connectivity index (χ2v) is 24.8. The van der Waals surface area contributed by atoms with Crippen LogP contribution >= 0.6 is 0 Å². The van der Waals surface area contributed by atoms with E-state index in [9.17, 15) is 0 Å². The summed E-state index contributed by atoms with van der Waals surface area (Å²) in [5.74, 6) is 0.852. The number of unbranched alkanes of at least 4 members (excludes halogenated alkanes) is 2. The molecule has 0 aromatic heterocycles. The van der Waals surface area contributed by atoms with Gasteiger partial charge in [-0.15, -0.1) is 0 Å². The summed E-state index contributed by atoms with van der Waals surface area (Å²) in [7, 11) is 0. The van der Waals surface area contributed by atoms with Crippen LogP contribution in [-0.4, -0.2) is 3.21 Å². The van der Waals surface area contributed by atoms with E-state index in [0.717, 1.165) is 12.8 Å². The molecule has 0 fully saturated rings. The molecule has 6 rings (SSSR count). The number of hydrogen-bond acceptors (Lipinski definition) is 0. The Kier molecular flexibility index (Phi) is 17.9. The largest absolute Gasteiger partial charge is 1.00 e. The van der Waals surface area contributed by atoms with Gasteiger partial charge in [0.1, 0.15) is 0 Å². The first-order valence-corrected chi connectivity index (χ1v) is 26.2. The number of aryl methyl sites for hydroxylation is 1. The molecule has 58 heavy (non-hydrogen) atoms. The van der Waals surface area contributed by atoms with E-state index in [4.69, 9.17) is 0 Å². The van der Waals surface area contributed by atoms with Crippen LogP contribution in [0.25, 0.3) is 11.1 Å². The van der Waals surface area contributed by atoms with Crippen LogP contribution in [0, 0.1) is 13.8 Å². The van der Waals surface area contributed by atoms with Gasteiger partial charge in [-0.2, -0.15) is 0 Å². The van der Waals surface area contributed by atoms with E-state index >= 15 is 0 Å². The SMILES string of the molecule is CCCC[C](CCCC)=[Zr+2]([C]1=CC=CC1)[c]1c(C)c(C(CCC)C(C)(C)c2ccccc2)cc2c1Cc1cc(C)cc(C(CCC)C(C)(C)c3ccccc3)c1-2.[Cl-].[Cl-]. The Hall–Kier alpha value is -2.31. The van der Waals surface area contributed by atoms with E-state index in [1.54, 1.807) is 38.9 Å². The third-order valence-corrected chi connectivity index (χ3v) is 22.2. The zero-order valence-corrected chi connectivity index (χ0v) is 41.6. The maximum atomic E-state index is 2.78. The van der Waals surface area contributed by atoms with Crippen molar-refractivity contribution in [1.82, 2.24) is 0 Å². The van der Waals surface area contributed by atoms with Crippen LogP contribution in [0.2, 0.25) is 0 Å². The van der Waals surface area contributed by atoms with Gasteiger partial charge < -0.3 is 24.8 Å². The molecular formula is C55H72Cl2Zr. The zero-order chi connectivity index (χ0) is 40.0. The Bertz CT molecular complexity index is 2050. The fourth-order valence-electron chi connectivity index (χ4n) is 10.7. The smallest absolute Gasteiger partial charge is 1.00 e. The van der Waals surface area contributed by atoms with Crippen molar-refractivity contribution in [3.05, 3.63) is 145 Å². The molecule has 0 amide bonds. The number of allylic oxidation sites excluding steroid dienone is 4. The van der Waals surface area contributed by atoms with Crippen molar-refractivity contribution in [2.45, 2.75) is 169 Å². The number of rotatable bonds is 18. The Morgan fingerprint density at radius 2 is 1.21 bits per heavy atom. The predicted molar refractivity (Wildman–Crippen MR) is 244 cm³/mol. The van der Waals surface area contributed by atoms with Crippen LogP contribution in [0.15, 0.2) is 100 Å². The molecule has 2 unspecified atom stereocenters. The number of fused-ring (bicyclic) bond motifs is 3. The van der Waals surface area contributed by atoms with Crippen molar-refractivity contribution in [1.29, 1.82) is 0 Å². The van der Waals surface area contributed by atoms with Crippen LogP contribution in [-0.2, 0) is 38.5 Å². The topological polar surface area (TPSA) is 0 Å². The van der Waals surface area contributed by atoms with Gasteiger partial charge in [0.25, 0.3) is 0 Å². The van der Waals surface area contributed by atoms with Gasteiger partial charge in [-0.3, -0.25) is 0 Å². The normalized spacial score (nSPS) is 14.1. The summed E-state index contributed by atoms with van der Waals surface area (Å²) in [5.41, 5.74) is 15.7. The second kappa shape index (κ2) is 21.5. The standard InChI is InChI=1S/C41H49.C9H18.C5H5.2ClH.Zr/c1-9-17-37(40(5,6)32-19-13-11-14-20-32)34-27-35-30(25-29(34)4)26-31-23-28(3)24-36(39(31)35)38(18-10-2)41(7,8)33-21-15-12-16-22-33;1-3-5-7-9-8-6-4-2;1-2-4-5-3-1;;;/h11-16,19-24,27,37-38H,9-10,17-18,26H2,1-8H3;3-8H2,1-2H3;1-3H,4H2;2*1H;/q;;;;;+2/p-2. The van der Waals surface area contributed by atoms with Gasteiger partial charge in [-0.25, -0.2) is 0 Å². The summed E-state index contributed by atoms with van der Waals surface area (Å²) in [6.45, 7) is 24.7. The minimum Gasteiger partial charge on any atom is -1.00 e. The summed E-state index contributed by atoms with van der Waals surface area (Å²) in [6, 6.07) is 30.8. The summed E-state index contributed by atoms with van der Waals surface area (Å²) in [4.78, 5) is 0. The second-order valence-electron chi connectivity index (χ2n) is 18.4. The van der Waals surface area contributed by atoms with Gasteiger partial charge in [0.05, 0.1) is 0 Å². The molecule has 2 aliphatic rings. The van der Waals surface area contributed by atoms with Crippen molar-refractivity contribution in [3.63, 3.8) is 0 Å². The van der Waals surface area contributed by atoms with Crippen LogP contribution in [0.5, 0.6) is 0 Å². The van der Waals surface area contributed by atoms with Gasteiger partial charge in [-0.1, -0.05) is 0 Å². The molecule has 3 heteroatoms. The van der Waals surface area contributed by atoms with E-state index in [1.807, 2.05) is 9.76 Å². The minimum absolute atomic E-state index is 0. The third kappa shape index (κ3) is 9.90. The van der Waals surface area contributed by atoms with E-state index in [0.29, 0.717) is 11.8 Å². The molecule has 4 aromatic carbocycles. The maximum absolute atomic E-state index is 2.78. The molecule has 0 heterocycles. The zero-order valence-electron chi connectivity index (χ0n) is 37.6. The molecule has 310 valence electrons. The molecule has 0 aliphatic heterocycles. The first kappa shape index (κ1) is 48.4. The molecule has 2 atom stereocenters. The summed E-state index contributed by atoms with van der Waals surface area (Å²) in [5, 5.41) is 0. The van der Waals surface area contributed by atoms with Gasteiger partial charge in [0, 0.05) is 0 Å². The number of halogens is 2. The molecule has 0 saturated carbocycles. The van der Waals surface area contributed by atoms with Crippen molar-refractivity contribution in [2.24, 2.45) is 0 Å². The average molecular weight is 895 g/mol. The van der Waals surface area contributed by atoms with E-state index < -0.39 is 21.3 Å². The predicted octanol–water partition coefficient (Wildman–Crippen LogP) is 9.25. The van der Waals surface area contributed by atoms with Gasteiger partial charge in [0.15, 0.2) is 0 Å². The first-order valence-electron chi connectivity index (χ1n) is 22.5. The average Bonchev–Trinajstić information content (AvgIpc) is 3.86. The molecule has 0 nitrogen and oxygen atoms in total. The molecule has 2 aliphatic carbocycles. The third-order valence-electron chi connectivity index (χ3n) is 13.8. The van der Waals surface area contributed by atoms with Crippen LogP contribution in [0.3, 0.4) is 0 Å². The molecule has 4 aromatic rings. The maximum Gasteiger partial charge on any atom is -1.00 e. The van der Waals surface area contributed by atoms with E-state index in [1.165, 1.54) is 80.9 Å². The van der Waals surface area contributed by atoms with Crippen molar-refractivity contribution in [2.75, 3.05) is 0 Å². The fraction of sp³-hybridized carbons (Fsp3) is 0.473.